The van der Waals surface area contributed by atoms with Crippen LogP contribution in [0, 0.1) is 0 Å². The lowest BCUT2D eigenvalue weighted by Crippen LogP contribution is -2.40. The highest BCUT2D eigenvalue weighted by Gasteiger charge is 2.21. The summed E-state index contributed by atoms with van der Waals surface area (Å²) in [5, 5.41) is 0. The van der Waals surface area contributed by atoms with Crippen molar-refractivity contribution in [2.24, 2.45) is 5.73 Å². The van der Waals surface area contributed by atoms with Crippen molar-refractivity contribution >= 4 is 11.2 Å². The van der Waals surface area contributed by atoms with Gasteiger partial charge in [-0.1, -0.05) is 0 Å². The van der Waals surface area contributed by atoms with Gasteiger partial charge in [0.05, 0.1) is 0 Å². The van der Waals surface area contributed by atoms with Crippen molar-refractivity contribution in [1.82, 2.24) is 18.7 Å². The molecule has 2 heterocycles. The Hall–Kier alpha value is -1.89. The van der Waals surface area contributed by atoms with E-state index in [0.29, 0.717) is 37.2 Å². The quantitative estimate of drug-likeness (QED) is 0.858. The van der Waals surface area contributed by atoms with Crippen molar-refractivity contribution < 1.29 is 0 Å². The van der Waals surface area contributed by atoms with Gasteiger partial charge in [-0.15, -0.1) is 0 Å². The molecule has 0 aliphatic rings. The Labute approximate surface area is 129 Å². The van der Waals surface area contributed by atoms with E-state index < -0.39 is 0 Å². The Morgan fingerprint density at radius 2 is 1.77 bits per heavy atom. The van der Waals surface area contributed by atoms with Crippen LogP contribution >= 0.6 is 0 Å². The average molecular weight is 307 g/mol. The van der Waals surface area contributed by atoms with Crippen molar-refractivity contribution in [2.75, 3.05) is 6.54 Å². The van der Waals surface area contributed by atoms with Crippen molar-refractivity contribution in [3.63, 3.8) is 0 Å². The van der Waals surface area contributed by atoms with Crippen LogP contribution < -0.4 is 17.0 Å². The van der Waals surface area contributed by atoms with Crippen LogP contribution in [0.5, 0.6) is 0 Å². The number of hydrogen-bond donors (Lipinski definition) is 1. The predicted molar refractivity (Wildman–Crippen MR) is 87.4 cm³/mol. The van der Waals surface area contributed by atoms with Gasteiger partial charge >= 0.3 is 5.69 Å². The molecule has 2 N–H and O–H groups in total. The third-order valence-electron chi connectivity index (χ3n) is 3.89. The molecule has 0 saturated carbocycles. The molecular weight excluding hydrogens is 282 g/mol. The first kappa shape index (κ1) is 16.5. The van der Waals surface area contributed by atoms with Gasteiger partial charge in [0.1, 0.15) is 5.82 Å². The molecule has 7 nitrogen and oxygen atoms in total. The lowest BCUT2D eigenvalue weighted by molar-refractivity contribution is 0.532. The van der Waals surface area contributed by atoms with Gasteiger partial charge in [-0.2, -0.15) is 0 Å². The van der Waals surface area contributed by atoms with Crippen molar-refractivity contribution in [2.45, 2.75) is 59.7 Å². The number of aryl methyl sites for hydroxylation is 2. The number of nitrogens with zero attached hydrogens (tertiary/aromatic N) is 4. The largest absolute Gasteiger partial charge is 0.332 e. The molecule has 0 aliphatic heterocycles. The zero-order valence-electron chi connectivity index (χ0n) is 13.8. The van der Waals surface area contributed by atoms with Crippen LogP contribution in [0.1, 0.15) is 46.0 Å². The third-order valence-corrected chi connectivity index (χ3v) is 3.89. The maximum atomic E-state index is 12.7. The van der Waals surface area contributed by atoms with Gasteiger partial charge < -0.3 is 10.3 Å². The molecule has 0 bridgehead atoms. The van der Waals surface area contributed by atoms with Gasteiger partial charge in [-0.05, 0) is 40.7 Å². The molecule has 0 aromatic carbocycles. The van der Waals surface area contributed by atoms with E-state index in [0.717, 1.165) is 12.2 Å². The molecule has 0 unspecified atom stereocenters. The Bertz CT molecular complexity index is 782. The fourth-order valence-electron chi connectivity index (χ4n) is 2.84. The molecule has 0 radical (unpaired) electrons. The molecule has 0 atom stereocenters. The van der Waals surface area contributed by atoms with Gasteiger partial charge in [-0.25, -0.2) is 9.78 Å². The highest BCUT2D eigenvalue weighted by molar-refractivity contribution is 5.71. The van der Waals surface area contributed by atoms with E-state index in [1.165, 1.54) is 4.57 Å². The second-order valence-electron chi connectivity index (χ2n) is 5.63. The van der Waals surface area contributed by atoms with Crippen LogP contribution in [0.4, 0.5) is 0 Å². The lowest BCUT2D eigenvalue weighted by atomic mass is 10.3. The van der Waals surface area contributed by atoms with Crippen molar-refractivity contribution in [1.29, 1.82) is 0 Å². The SMILES string of the molecule is CCn1c(=O)c2c(nc(CCCN)n2CC)n(C(C)C)c1=O. The molecule has 2 aromatic heterocycles. The maximum Gasteiger partial charge on any atom is 0.332 e. The first-order chi connectivity index (χ1) is 10.5. The van der Waals surface area contributed by atoms with Gasteiger partial charge in [-0.3, -0.25) is 13.9 Å². The third kappa shape index (κ3) is 2.49. The standard InChI is InChI=1S/C15H25N5O2/c1-5-18-11(8-7-9-16)17-13-12(18)14(21)19(6-2)15(22)20(13)10(3)4/h10H,5-9,16H2,1-4H3. The summed E-state index contributed by atoms with van der Waals surface area (Å²) in [5.74, 6) is 0.822. The second kappa shape index (κ2) is 6.48. The zero-order chi connectivity index (χ0) is 16.4. The maximum absolute atomic E-state index is 12.7. The van der Waals surface area contributed by atoms with E-state index in [1.807, 2.05) is 25.3 Å². The smallest absolute Gasteiger partial charge is 0.330 e. The highest BCUT2D eigenvalue weighted by Crippen LogP contribution is 2.16. The fraction of sp³-hybridized carbons (Fsp3) is 0.667. The first-order valence-corrected chi connectivity index (χ1v) is 7.92. The number of hydrogen-bond acceptors (Lipinski definition) is 4. The fourth-order valence-corrected chi connectivity index (χ4v) is 2.84. The Kier molecular flexibility index (Phi) is 4.85. The van der Waals surface area contributed by atoms with E-state index in [-0.39, 0.29) is 17.3 Å². The summed E-state index contributed by atoms with van der Waals surface area (Å²) < 4.78 is 4.80. The lowest BCUT2D eigenvalue weighted by Gasteiger charge is -2.13. The number of nitrogens with two attached hydrogens (primary N) is 1. The normalized spacial score (nSPS) is 11.7. The molecule has 122 valence electrons. The van der Waals surface area contributed by atoms with Gasteiger partial charge in [0, 0.05) is 25.6 Å². The minimum Gasteiger partial charge on any atom is -0.330 e. The topological polar surface area (TPSA) is 87.8 Å². The molecule has 2 rings (SSSR count). The predicted octanol–water partition coefficient (Wildman–Crippen LogP) is 0.872. The molecule has 0 aliphatic carbocycles. The zero-order valence-corrected chi connectivity index (χ0v) is 13.8. The monoisotopic (exact) mass is 307 g/mol. The average Bonchev–Trinajstić information content (AvgIpc) is 2.83. The van der Waals surface area contributed by atoms with Crippen LogP contribution in [-0.4, -0.2) is 25.2 Å². The minimum atomic E-state index is -0.291. The summed E-state index contributed by atoms with van der Waals surface area (Å²) in [5.41, 5.74) is 6.04. The van der Waals surface area contributed by atoms with Gasteiger partial charge in [0.2, 0.25) is 0 Å². The molecular formula is C15H25N5O2. The van der Waals surface area contributed by atoms with Crippen LogP contribution in [0.25, 0.3) is 11.2 Å². The molecule has 7 heteroatoms. The second-order valence-corrected chi connectivity index (χ2v) is 5.63. The summed E-state index contributed by atoms with van der Waals surface area (Å²) in [7, 11) is 0. The first-order valence-electron chi connectivity index (χ1n) is 7.92. The number of fused-ring (bicyclic) bond motifs is 1. The van der Waals surface area contributed by atoms with E-state index in [9.17, 15) is 9.59 Å². The van der Waals surface area contributed by atoms with Crippen molar-refractivity contribution in [3.05, 3.63) is 26.7 Å². The van der Waals surface area contributed by atoms with Crippen LogP contribution in [0.3, 0.4) is 0 Å². The van der Waals surface area contributed by atoms with Crippen LogP contribution in [-0.2, 0) is 19.5 Å². The van der Waals surface area contributed by atoms with E-state index in [2.05, 4.69) is 4.98 Å². The Morgan fingerprint density at radius 3 is 2.27 bits per heavy atom. The highest BCUT2D eigenvalue weighted by atomic mass is 16.2. The number of imidazole rings is 1. The molecule has 0 amide bonds. The Balaban J connectivity index is 2.92. The number of aromatic nitrogens is 4. The Morgan fingerprint density at radius 1 is 1.14 bits per heavy atom. The summed E-state index contributed by atoms with van der Waals surface area (Å²) >= 11 is 0. The van der Waals surface area contributed by atoms with E-state index in [4.69, 9.17) is 5.73 Å². The van der Waals surface area contributed by atoms with Gasteiger partial charge in [0.15, 0.2) is 11.2 Å². The van der Waals surface area contributed by atoms with Crippen LogP contribution in [0.2, 0.25) is 0 Å². The van der Waals surface area contributed by atoms with Crippen molar-refractivity contribution in [3.8, 4) is 0 Å². The molecule has 2 aromatic rings. The molecule has 0 saturated heterocycles. The molecule has 22 heavy (non-hydrogen) atoms. The summed E-state index contributed by atoms with van der Waals surface area (Å²) in [6, 6.07) is -0.0593. The number of rotatable bonds is 6. The van der Waals surface area contributed by atoms with E-state index in [1.54, 1.807) is 11.5 Å². The summed E-state index contributed by atoms with van der Waals surface area (Å²) in [6.07, 6.45) is 1.51. The minimum absolute atomic E-state index is 0.0593. The summed E-state index contributed by atoms with van der Waals surface area (Å²) in [4.78, 5) is 29.8. The summed E-state index contributed by atoms with van der Waals surface area (Å²) in [6.45, 7) is 9.21. The van der Waals surface area contributed by atoms with Gasteiger partial charge in [0.25, 0.3) is 5.56 Å². The van der Waals surface area contributed by atoms with Crippen LogP contribution in [0.15, 0.2) is 9.59 Å². The van der Waals surface area contributed by atoms with E-state index >= 15 is 0 Å². The molecule has 0 spiro atoms. The molecule has 0 fully saturated rings.